The fraction of sp³-hybridized carbons (Fsp3) is 0.576. The Balaban J connectivity index is 0.912. The maximum atomic E-state index is 13.4. The standard InChI is InChI=1S/C33H41N7O6/c41-27-8-7-26(29(42)36-27)40-32(45)24-5-2-6-25(28(24)33(40)46)34-17-20-18-35-39(19-20)23-11-15-38(16-12-23)31(44)22-9-13-37(14-10-22)30(43)21-3-1-4-21/h2,5-6,18-19,21-23,26,30,34,43H,1,3-4,7-17H2,(H,36,41,42). The smallest absolute Gasteiger partial charge is 0.264 e. The van der Waals surface area contributed by atoms with E-state index in [1.165, 1.54) is 6.42 Å². The van der Waals surface area contributed by atoms with Crippen molar-refractivity contribution in [2.75, 3.05) is 31.5 Å². The van der Waals surface area contributed by atoms with Gasteiger partial charge >= 0.3 is 0 Å². The molecule has 0 bridgehead atoms. The Morgan fingerprint density at radius 3 is 2.43 bits per heavy atom. The van der Waals surface area contributed by atoms with E-state index < -0.39 is 29.7 Å². The third-order valence-electron chi connectivity index (χ3n) is 10.6. The number of piperidine rings is 3. The van der Waals surface area contributed by atoms with Gasteiger partial charge in [-0.25, -0.2) is 0 Å². The first-order chi connectivity index (χ1) is 22.3. The zero-order valence-corrected chi connectivity index (χ0v) is 25.9. The third kappa shape index (κ3) is 5.70. The van der Waals surface area contributed by atoms with E-state index in [4.69, 9.17) is 0 Å². The number of hydrogen-bond donors (Lipinski definition) is 3. The van der Waals surface area contributed by atoms with Crippen LogP contribution >= 0.6 is 0 Å². The van der Waals surface area contributed by atoms with Gasteiger partial charge in [0.05, 0.1) is 23.4 Å². The maximum absolute atomic E-state index is 13.4. The highest BCUT2D eigenvalue weighted by Gasteiger charge is 2.45. The Morgan fingerprint density at radius 1 is 0.978 bits per heavy atom. The van der Waals surface area contributed by atoms with Crippen molar-refractivity contribution in [1.29, 1.82) is 0 Å². The molecule has 3 saturated heterocycles. The number of aliphatic hydroxyl groups excluding tert-OH is 1. The first kappa shape index (κ1) is 30.5. The second kappa shape index (κ2) is 12.6. The predicted octanol–water partition coefficient (Wildman–Crippen LogP) is 1.89. The van der Waals surface area contributed by atoms with Crippen molar-refractivity contribution in [2.45, 2.75) is 82.6 Å². The molecule has 244 valence electrons. The van der Waals surface area contributed by atoms with Crippen molar-refractivity contribution in [3.05, 3.63) is 47.3 Å². The summed E-state index contributed by atoms with van der Waals surface area (Å²) >= 11 is 0. The first-order valence-electron chi connectivity index (χ1n) is 16.6. The average molecular weight is 632 g/mol. The summed E-state index contributed by atoms with van der Waals surface area (Å²) in [6.07, 6.45) is 10.2. The predicted molar refractivity (Wildman–Crippen MR) is 165 cm³/mol. The van der Waals surface area contributed by atoms with Crippen molar-refractivity contribution >= 4 is 35.2 Å². The van der Waals surface area contributed by atoms with Gasteiger partial charge < -0.3 is 15.3 Å². The van der Waals surface area contributed by atoms with Crippen molar-refractivity contribution in [3.8, 4) is 0 Å². The summed E-state index contributed by atoms with van der Waals surface area (Å²) in [7, 11) is 0. The van der Waals surface area contributed by atoms with Gasteiger partial charge in [0.25, 0.3) is 11.8 Å². The lowest BCUT2D eigenvalue weighted by molar-refractivity contribution is -0.141. The SMILES string of the molecule is O=C1CCC(N2C(=O)c3cccc(NCc4cnn(C5CCN(C(=O)C6CCN(C(O)C7CCC7)CC6)CC5)c4)c3C2=O)C(=O)N1. The number of amides is 5. The monoisotopic (exact) mass is 631 g/mol. The molecule has 4 aliphatic heterocycles. The van der Waals surface area contributed by atoms with Crippen LogP contribution in [0.4, 0.5) is 5.69 Å². The van der Waals surface area contributed by atoms with Crippen LogP contribution in [0.2, 0.25) is 0 Å². The Bertz CT molecular complexity index is 1540. The minimum atomic E-state index is -1.01. The molecule has 1 aromatic carbocycles. The number of imide groups is 2. The molecule has 2 unspecified atom stereocenters. The number of hydrogen-bond acceptors (Lipinski definition) is 9. The fourth-order valence-electron chi connectivity index (χ4n) is 7.58. The summed E-state index contributed by atoms with van der Waals surface area (Å²) in [6.45, 7) is 3.32. The van der Waals surface area contributed by atoms with Crippen LogP contribution in [0.25, 0.3) is 0 Å². The number of aromatic nitrogens is 2. The highest BCUT2D eigenvalue weighted by Crippen LogP contribution is 2.35. The van der Waals surface area contributed by atoms with E-state index in [0.717, 1.165) is 62.1 Å². The van der Waals surface area contributed by atoms with Crippen molar-refractivity contribution in [1.82, 2.24) is 29.8 Å². The molecule has 1 aromatic heterocycles. The average Bonchev–Trinajstić information content (AvgIpc) is 3.62. The van der Waals surface area contributed by atoms with Crippen LogP contribution < -0.4 is 10.6 Å². The fourth-order valence-corrected chi connectivity index (χ4v) is 7.58. The van der Waals surface area contributed by atoms with Gasteiger partial charge in [-0.05, 0) is 63.0 Å². The molecule has 1 aliphatic carbocycles. The quantitative estimate of drug-likeness (QED) is 0.370. The van der Waals surface area contributed by atoms with Crippen LogP contribution in [0.15, 0.2) is 30.6 Å². The van der Waals surface area contributed by atoms with Crippen LogP contribution in [-0.2, 0) is 20.9 Å². The Morgan fingerprint density at radius 2 is 1.74 bits per heavy atom. The second-order valence-electron chi connectivity index (χ2n) is 13.3. The lowest BCUT2D eigenvalue weighted by atomic mass is 9.82. The summed E-state index contributed by atoms with van der Waals surface area (Å²) in [5, 5.41) is 20.7. The number of likely N-dealkylation sites (tertiary alicyclic amines) is 2. The molecule has 46 heavy (non-hydrogen) atoms. The van der Waals surface area contributed by atoms with E-state index in [2.05, 4.69) is 20.6 Å². The van der Waals surface area contributed by atoms with E-state index in [0.29, 0.717) is 31.2 Å². The van der Waals surface area contributed by atoms with Crippen molar-refractivity contribution < 1.29 is 29.1 Å². The Labute approximate surface area is 267 Å². The van der Waals surface area contributed by atoms with Crippen LogP contribution in [0.1, 0.15) is 90.1 Å². The van der Waals surface area contributed by atoms with Gasteiger partial charge in [-0.2, -0.15) is 5.10 Å². The van der Waals surface area contributed by atoms with Crippen LogP contribution in [0, 0.1) is 11.8 Å². The molecule has 3 N–H and O–H groups in total. The molecule has 0 spiro atoms. The molecule has 4 fully saturated rings. The first-order valence-corrected chi connectivity index (χ1v) is 16.6. The molecule has 2 atom stereocenters. The molecule has 7 rings (SSSR count). The number of rotatable bonds is 8. The minimum absolute atomic E-state index is 0.0292. The largest absolute Gasteiger partial charge is 0.380 e. The zero-order valence-electron chi connectivity index (χ0n) is 25.9. The van der Waals surface area contributed by atoms with E-state index >= 15 is 0 Å². The summed E-state index contributed by atoms with van der Waals surface area (Å²) < 4.78 is 1.95. The Hall–Kier alpha value is -4.10. The van der Waals surface area contributed by atoms with Gasteiger partial charge in [-0.1, -0.05) is 12.5 Å². The number of aliphatic hydroxyl groups is 1. The van der Waals surface area contributed by atoms with Crippen LogP contribution in [0.3, 0.4) is 0 Å². The Kier molecular flexibility index (Phi) is 8.36. The molecule has 5 heterocycles. The van der Waals surface area contributed by atoms with Gasteiger partial charge in [-0.15, -0.1) is 0 Å². The van der Waals surface area contributed by atoms with Gasteiger partial charge in [0.2, 0.25) is 17.7 Å². The van der Waals surface area contributed by atoms with Gasteiger partial charge in [-0.3, -0.25) is 43.8 Å². The molecular weight excluding hydrogens is 590 g/mol. The van der Waals surface area contributed by atoms with Crippen molar-refractivity contribution in [3.63, 3.8) is 0 Å². The van der Waals surface area contributed by atoms with Crippen LogP contribution in [-0.4, -0.2) is 97.6 Å². The van der Waals surface area contributed by atoms with E-state index in [9.17, 15) is 29.1 Å². The molecule has 5 amide bonds. The third-order valence-corrected chi connectivity index (χ3v) is 10.6. The normalized spacial score (nSPS) is 24.2. The topological polar surface area (TPSA) is 157 Å². The summed E-state index contributed by atoms with van der Waals surface area (Å²) in [6, 6.07) is 4.17. The lowest BCUT2D eigenvalue weighted by Gasteiger charge is -2.42. The maximum Gasteiger partial charge on any atom is 0.264 e. The highest BCUT2D eigenvalue weighted by molar-refractivity contribution is 6.25. The summed E-state index contributed by atoms with van der Waals surface area (Å²) in [4.78, 5) is 68.9. The summed E-state index contributed by atoms with van der Waals surface area (Å²) in [5.74, 6) is -1.47. The van der Waals surface area contributed by atoms with E-state index in [1.807, 2.05) is 15.8 Å². The lowest BCUT2D eigenvalue weighted by Crippen LogP contribution is -2.54. The number of anilines is 1. The number of benzene rings is 1. The minimum Gasteiger partial charge on any atom is -0.380 e. The molecular formula is C33H41N7O6. The van der Waals surface area contributed by atoms with E-state index in [1.54, 1.807) is 24.4 Å². The number of carbonyl (C=O) groups is 5. The second-order valence-corrected chi connectivity index (χ2v) is 13.3. The van der Waals surface area contributed by atoms with Crippen LogP contribution in [0.5, 0.6) is 0 Å². The molecule has 1 saturated carbocycles. The van der Waals surface area contributed by atoms with Crippen molar-refractivity contribution in [2.24, 2.45) is 11.8 Å². The molecule has 13 nitrogen and oxygen atoms in total. The molecule has 0 radical (unpaired) electrons. The van der Waals surface area contributed by atoms with Gasteiger partial charge in [0.15, 0.2) is 0 Å². The number of nitrogens with one attached hydrogen (secondary N) is 2. The summed E-state index contributed by atoms with van der Waals surface area (Å²) in [5.41, 5.74) is 1.86. The molecule has 13 heteroatoms. The molecule has 5 aliphatic rings. The zero-order chi connectivity index (χ0) is 31.9. The number of carbonyl (C=O) groups excluding carboxylic acids is 5. The molecule has 2 aromatic rings. The van der Waals surface area contributed by atoms with Gasteiger partial charge in [0, 0.05) is 62.5 Å². The number of nitrogens with zero attached hydrogens (tertiary/aromatic N) is 5. The van der Waals surface area contributed by atoms with E-state index in [-0.39, 0.29) is 48.1 Å². The highest BCUT2D eigenvalue weighted by atomic mass is 16.3. The van der Waals surface area contributed by atoms with Gasteiger partial charge in [0.1, 0.15) is 12.3 Å². The number of fused-ring (bicyclic) bond motifs is 1.